The lowest BCUT2D eigenvalue weighted by molar-refractivity contribution is -0.139. The van der Waals surface area contributed by atoms with Gasteiger partial charge in [-0.2, -0.15) is 0 Å². The van der Waals surface area contributed by atoms with Crippen LogP contribution >= 0.6 is 0 Å². The number of aliphatic hydroxyl groups is 1. The number of benzene rings is 2. The van der Waals surface area contributed by atoms with Gasteiger partial charge < -0.3 is 24.4 Å². The van der Waals surface area contributed by atoms with Crippen LogP contribution in [0.2, 0.25) is 0 Å². The Morgan fingerprint density at radius 1 is 1.06 bits per heavy atom. The van der Waals surface area contributed by atoms with Crippen molar-refractivity contribution in [1.29, 1.82) is 0 Å². The number of carbonyl (C=O) groups excluding carboxylic acids is 2. The second kappa shape index (κ2) is 11.7. The highest BCUT2D eigenvalue weighted by Gasteiger charge is 2.45. The molecule has 1 N–H and O–H groups in total. The molecular formula is C27H34N2O5. The van der Waals surface area contributed by atoms with Crippen LogP contribution in [0.15, 0.2) is 54.1 Å². The summed E-state index contributed by atoms with van der Waals surface area (Å²) in [5, 5.41) is 11.2. The van der Waals surface area contributed by atoms with Crippen LogP contribution in [-0.4, -0.2) is 67.5 Å². The molecule has 1 aliphatic heterocycles. The Hall–Kier alpha value is -3.32. The number of methoxy groups -OCH3 is 1. The van der Waals surface area contributed by atoms with E-state index in [0.29, 0.717) is 36.6 Å². The zero-order chi connectivity index (χ0) is 24.7. The van der Waals surface area contributed by atoms with Crippen molar-refractivity contribution in [2.75, 3.05) is 40.9 Å². The Balaban J connectivity index is 2.04. The van der Waals surface area contributed by atoms with Gasteiger partial charge in [-0.25, -0.2) is 0 Å². The van der Waals surface area contributed by atoms with Crippen LogP contribution in [0.5, 0.6) is 11.5 Å². The molecule has 1 amide bonds. The van der Waals surface area contributed by atoms with Gasteiger partial charge in [-0.15, -0.1) is 0 Å². The number of ether oxygens (including phenoxy) is 2. The summed E-state index contributed by atoms with van der Waals surface area (Å²) in [6, 6.07) is 13.5. The van der Waals surface area contributed by atoms with Crippen LogP contribution in [0.25, 0.3) is 5.76 Å². The fraction of sp³-hybridized carbons (Fsp3) is 0.407. The molecule has 3 rings (SSSR count). The number of hydrogen-bond donors (Lipinski definition) is 1. The zero-order valence-corrected chi connectivity index (χ0v) is 20.4. The summed E-state index contributed by atoms with van der Waals surface area (Å²) in [7, 11) is 5.49. The van der Waals surface area contributed by atoms with Crippen LogP contribution in [0.4, 0.5) is 0 Å². The molecule has 34 heavy (non-hydrogen) atoms. The smallest absolute Gasteiger partial charge is 0.295 e. The molecule has 7 heteroatoms. The number of hydrogen-bond acceptors (Lipinski definition) is 6. The lowest BCUT2D eigenvalue weighted by atomic mass is 9.95. The van der Waals surface area contributed by atoms with Gasteiger partial charge in [0.25, 0.3) is 11.7 Å². The first-order chi connectivity index (χ1) is 16.4. The number of Topliss-reactive ketones (excluding diaryl/α,β-unsaturated/α-hetero) is 1. The molecule has 0 aliphatic carbocycles. The van der Waals surface area contributed by atoms with Gasteiger partial charge >= 0.3 is 0 Å². The molecule has 0 aromatic heterocycles. The minimum Gasteiger partial charge on any atom is -0.507 e. The maximum Gasteiger partial charge on any atom is 0.295 e. The maximum absolute atomic E-state index is 13.2. The quantitative estimate of drug-likeness (QED) is 0.231. The summed E-state index contributed by atoms with van der Waals surface area (Å²) < 4.78 is 11.1. The Morgan fingerprint density at radius 3 is 2.44 bits per heavy atom. The predicted molar refractivity (Wildman–Crippen MR) is 132 cm³/mol. The van der Waals surface area contributed by atoms with E-state index in [1.807, 2.05) is 43.3 Å². The van der Waals surface area contributed by atoms with Crippen molar-refractivity contribution in [3.63, 3.8) is 0 Å². The van der Waals surface area contributed by atoms with Gasteiger partial charge in [-0.3, -0.25) is 9.59 Å². The fourth-order valence-corrected chi connectivity index (χ4v) is 4.03. The van der Waals surface area contributed by atoms with E-state index in [0.717, 1.165) is 24.9 Å². The van der Waals surface area contributed by atoms with E-state index >= 15 is 0 Å². The number of ketones is 1. The Kier molecular flexibility index (Phi) is 8.71. The first kappa shape index (κ1) is 25.3. The van der Waals surface area contributed by atoms with Crippen molar-refractivity contribution in [3.8, 4) is 11.5 Å². The topological polar surface area (TPSA) is 79.3 Å². The summed E-state index contributed by atoms with van der Waals surface area (Å²) in [5.41, 5.74) is 1.27. The van der Waals surface area contributed by atoms with Gasteiger partial charge in [0.05, 0.1) is 25.3 Å². The summed E-state index contributed by atoms with van der Waals surface area (Å²) >= 11 is 0. The summed E-state index contributed by atoms with van der Waals surface area (Å²) in [6.07, 6.45) is 2.66. The van der Waals surface area contributed by atoms with Crippen LogP contribution in [0.3, 0.4) is 0 Å². The molecule has 0 radical (unpaired) electrons. The van der Waals surface area contributed by atoms with Gasteiger partial charge in [0.1, 0.15) is 17.3 Å². The molecular weight excluding hydrogens is 432 g/mol. The monoisotopic (exact) mass is 466 g/mol. The van der Waals surface area contributed by atoms with Gasteiger partial charge in [-0.1, -0.05) is 25.5 Å². The SMILES string of the molecule is CCCCOc1cccc(C2/C(=C(\O)c3ccc(OC)cc3)C(=O)C(=O)N2CCCN(C)C)c1. The standard InChI is InChI=1S/C27H34N2O5/c1-5-6-17-34-22-10-7-9-20(18-22)24-23(25(30)19-11-13-21(33-4)14-12-19)26(31)27(32)29(24)16-8-15-28(2)3/h7,9-14,18,24,30H,5-6,8,15-17H2,1-4H3/b25-23+. The van der Waals surface area contributed by atoms with Crippen molar-refractivity contribution >= 4 is 17.4 Å². The third-order valence-electron chi connectivity index (χ3n) is 5.85. The number of rotatable bonds is 11. The normalized spacial score (nSPS) is 17.4. The van der Waals surface area contributed by atoms with E-state index < -0.39 is 17.7 Å². The second-order valence-corrected chi connectivity index (χ2v) is 8.65. The van der Waals surface area contributed by atoms with Crippen molar-refractivity contribution in [2.45, 2.75) is 32.2 Å². The largest absolute Gasteiger partial charge is 0.507 e. The van der Waals surface area contributed by atoms with Crippen molar-refractivity contribution < 1.29 is 24.2 Å². The fourth-order valence-electron chi connectivity index (χ4n) is 4.03. The maximum atomic E-state index is 13.2. The van der Waals surface area contributed by atoms with Gasteiger partial charge in [0, 0.05) is 12.1 Å². The number of amides is 1. The molecule has 0 spiro atoms. The molecule has 1 heterocycles. The summed E-state index contributed by atoms with van der Waals surface area (Å²) in [5.74, 6) is -0.168. The first-order valence-corrected chi connectivity index (χ1v) is 11.7. The molecule has 2 aromatic carbocycles. The molecule has 1 aliphatic rings. The van der Waals surface area contributed by atoms with Crippen molar-refractivity contribution in [2.24, 2.45) is 0 Å². The van der Waals surface area contributed by atoms with E-state index in [4.69, 9.17) is 9.47 Å². The van der Waals surface area contributed by atoms with Crippen LogP contribution < -0.4 is 9.47 Å². The Bertz CT molecular complexity index is 1030. The molecule has 2 aromatic rings. The molecule has 0 bridgehead atoms. The molecule has 1 fully saturated rings. The van der Waals surface area contributed by atoms with Crippen molar-refractivity contribution in [3.05, 3.63) is 65.2 Å². The van der Waals surface area contributed by atoms with Gasteiger partial charge in [-0.05, 0) is 75.4 Å². The van der Waals surface area contributed by atoms with E-state index in [1.54, 1.807) is 36.3 Å². The van der Waals surface area contributed by atoms with E-state index in [1.165, 1.54) is 0 Å². The average molecular weight is 467 g/mol. The molecule has 1 saturated heterocycles. The Morgan fingerprint density at radius 2 is 1.79 bits per heavy atom. The lowest BCUT2D eigenvalue weighted by Gasteiger charge is -2.26. The second-order valence-electron chi connectivity index (χ2n) is 8.65. The minimum atomic E-state index is -0.695. The van der Waals surface area contributed by atoms with E-state index in [2.05, 4.69) is 6.92 Å². The van der Waals surface area contributed by atoms with Crippen LogP contribution in [-0.2, 0) is 9.59 Å². The highest BCUT2D eigenvalue weighted by molar-refractivity contribution is 6.46. The van der Waals surface area contributed by atoms with E-state index in [9.17, 15) is 14.7 Å². The number of likely N-dealkylation sites (tertiary alicyclic amines) is 1. The van der Waals surface area contributed by atoms with Crippen LogP contribution in [0, 0.1) is 0 Å². The van der Waals surface area contributed by atoms with Crippen molar-refractivity contribution in [1.82, 2.24) is 9.80 Å². The highest BCUT2D eigenvalue weighted by Crippen LogP contribution is 2.40. The number of nitrogens with zero attached hydrogens (tertiary/aromatic N) is 2. The van der Waals surface area contributed by atoms with Crippen LogP contribution in [0.1, 0.15) is 43.4 Å². The minimum absolute atomic E-state index is 0.0886. The van der Waals surface area contributed by atoms with E-state index in [-0.39, 0.29) is 11.3 Å². The summed E-state index contributed by atoms with van der Waals surface area (Å²) in [6.45, 7) is 3.86. The molecule has 7 nitrogen and oxygen atoms in total. The third kappa shape index (κ3) is 5.78. The average Bonchev–Trinajstić information content (AvgIpc) is 3.09. The number of carbonyl (C=O) groups is 2. The molecule has 1 unspecified atom stereocenters. The van der Waals surface area contributed by atoms with Gasteiger partial charge in [0.15, 0.2) is 0 Å². The zero-order valence-electron chi connectivity index (χ0n) is 20.4. The lowest BCUT2D eigenvalue weighted by Crippen LogP contribution is -2.32. The molecule has 182 valence electrons. The highest BCUT2D eigenvalue weighted by atomic mass is 16.5. The first-order valence-electron chi connectivity index (χ1n) is 11.7. The summed E-state index contributed by atoms with van der Waals surface area (Å²) in [4.78, 5) is 29.8. The Labute approximate surface area is 201 Å². The van der Waals surface area contributed by atoms with Gasteiger partial charge in [0.2, 0.25) is 0 Å². The number of unbranched alkanes of at least 4 members (excludes halogenated alkanes) is 1. The molecule has 1 atom stereocenters. The number of aliphatic hydroxyl groups excluding tert-OH is 1. The predicted octanol–water partition coefficient (Wildman–Crippen LogP) is 4.25. The molecule has 0 saturated carbocycles. The third-order valence-corrected chi connectivity index (χ3v) is 5.85.